The number of ether oxygens (including phenoxy) is 1. The van der Waals surface area contributed by atoms with Gasteiger partial charge in [-0.15, -0.1) is 0 Å². The monoisotopic (exact) mass is 384 g/mol. The SMILES string of the molecule is CNC(=O)c1cc(C(=O)N[C@H]2CC[C@H](OC)CC2)c(C(C)c2ccccc2)o1. The Morgan fingerprint density at radius 3 is 2.39 bits per heavy atom. The van der Waals surface area contributed by atoms with E-state index < -0.39 is 0 Å². The van der Waals surface area contributed by atoms with Gasteiger partial charge in [-0.3, -0.25) is 9.59 Å². The van der Waals surface area contributed by atoms with Crippen molar-refractivity contribution < 1.29 is 18.7 Å². The number of amides is 2. The number of benzene rings is 1. The Labute approximate surface area is 165 Å². The van der Waals surface area contributed by atoms with Gasteiger partial charge in [-0.25, -0.2) is 0 Å². The standard InChI is InChI=1S/C22H28N2O4/c1-14(15-7-5-4-6-8-15)20-18(13-19(28-20)22(26)23-2)21(25)24-16-9-11-17(27-3)12-10-16/h4-8,13-14,16-17H,9-12H2,1-3H3,(H,23,26)(H,24,25)/t14?,16-,17-. The third-order valence-corrected chi connectivity index (χ3v) is 5.49. The number of carbonyl (C=O) groups is 2. The van der Waals surface area contributed by atoms with E-state index in [1.54, 1.807) is 20.2 Å². The van der Waals surface area contributed by atoms with Crippen molar-refractivity contribution >= 4 is 11.8 Å². The highest BCUT2D eigenvalue weighted by atomic mass is 16.5. The lowest BCUT2D eigenvalue weighted by Crippen LogP contribution is -2.39. The molecule has 6 heteroatoms. The zero-order valence-corrected chi connectivity index (χ0v) is 16.7. The topological polar surface area (TPSA) is 80.6 Å². The van der Waals surface area contributed by atoms with Crippen molar-refractivity contribution in [1.29, 1.82) is 0 Å². The average Bonchev–Trinajstić information content (AvgIpc) is 3.19. The highest BCUT2D eigenvalue weighted by Gasteiger charge is 2.28. The zero-order valence-electron chi connectivity index (χ0n) is 16.7. The molecular formula is C22H28N2O4. The van der Waals surface area contributed by atoms with E-state index in [9.17, 15) is 9.59 Å². The van der Waals surface area contributed by atoms with Crippen molar-refractivity contribution in [2.45, 2.75) is 50.7 Å². The van der Waals surface area contributed by atoms with E-state index in [-0.39, 0.29) is 35.6 Å². The van der Waals surface area contributed by atoms with Gasteiger partial charge in [-0.1, -0.05) is 37.3 Å². The molecule has 0 radical (unpaired) electrons. The van der Waals surface area contributed by atoms with Gasteiger partial charge in [0.2, 0.25) is 0 Å². The van der Waals surface area contributed by atoms with Crippen molar-refractivity contribution in [3.05, 3.63) is 59.0 Å². The number of methoxy groups -OCH3 is 1. The molecule has 1 unspecified atom stereocenters. The van der Waals surface area contributed by atoms with Crippen LogP contribution in [0.25, 0.3) is 0 Å². The first-order chi connectivity index (χ1) is 13.5. The van der Waals surface area contributed by atoms with Gasteiger partial charge in [0.05, 0.1) is 11.7 Å². The number of hydrogen-bond acceptors (Lipinski definition) is 4. The highest BCUT2D eigenvalue weighted by Crippen LogP contribution is 2.30. The van der Waals surface area contributed by atoms with Crippen LogP contribution in [0.3, 0.4) is 0 Å². The van der Waals surface area contributed by atoms with E-state index in [2.05, 4.69) is 10.6 Å². The summed E-state index contributed by atoms with van der Waals surface area (Å²) in [4.78, 5) is 25.1. The number of furan rings is 1. The summed E-state index contributed by atoms with van der Waals surface area (Å²) in [6, 6.07) is 11.5. The second kappa shape index (κ2) is 9.06. The van der Waals surface area contributed by atoms with Gasteiger partial charge in [0.1, 0.15) is 5.76 Å². The summed E-state index contributed by atoms with van der Waals surface area (Å²) in [5.74, 6) is -0.0373. The molecule has 0 aliphatic heterocycles. The third-order valence-electron chi connectivity index (χ3n) is 5.49. The minimum Gasteiger partial charge on any atom is -0.454 e. The molecule has 1 aliphatic carbocycles. The summed E-state index contributed by atoms with van der Waals surface area (Å²) in [7, 11) is 3.27. The van der Waals surface area contributed by atoms with Crippen molar-refractivity contribution in [1.82, 2.24) is 10.6 Å². The molecular weight excluding hydrogens is 356 g/mol. The summed E-state index contributed by atoms with van der Waals surface area (Å²) < 4.78 is 11.2. The van der Waals surface area contributed by atoms with Crippen molar-refractivity contribution in [2.24, 2.45) is 0 Å². The lowest BCUT2D eigenvalue weighted by atomic mass is 9.92. The average molecular weight is 384 g/mol. The van der Waals surface area contributed by atoms with Gasteiger partial charge in [0, 0.05) is 32.2 Å². The van der Waals surface area contributed by atoms with Crippen molar-refractivity contribution in [3.63, 3.8) is 0 Å². The lowest BCUT2D eigenvalue weighted by Gasteiger charge is -2.28. The van der Waals surface area contributed by atoms with Crippen molar-refractivity contribution in [3.8, 4) is 0 Å². The molecule has 1 heterocycles. The fourth-order valence-corrected chi connectivity index (χ4v) is 3.74. The fraction of sp³-hybridized carbons (Fsp3) is 0.455. The van der Waals surface area contributed by atoms with Crippen LogP contribution in [0, 0.1) is 0 Å². The van der Waals surface area contributed by atoms with E-state index in [0.29, 0.717) is 11.3 Å². The summed E-state index contributed by atoms with van der Waals surface area (Å²) in [5, 5.41) is 5.66. The molecule has 0 spiro atoms. The van der Waals surface area contributed by atoms with Crippen LogP contribution in [0.15, 0.2) is 40.8 Å². The molecule has 1 aromatic carbocycles. The van der Waals surface area contributed by atoms with Gasteiger partial charge in [0.15, 0.2) is 5.76 Å². The molecule has 2 N–H and O–H groups in total. The Morgan fingerprint density at radius 2 is 1.79 bits per heavy atom. The first-order valence-electron chi connectivity index (χ1n) is 9.77. The Hall–Kier alpha value is -2.60. The maximum Gasteiger partial charge on any atom is 0.286 e. The van der Waals surface area contributed by atoms with Crippen LogP contribution >= 0.6 is 0 Å². The summed E-state index contributed by atoms with van der Waals surface area (Å²) in [6.45, 7) is 1.97. The Kier molecular flexibility index (Phi) is 6.52. The predicted octanol–water partition coefficient (Wildman–Crippen LogP) is 3.48. The van der Waals surface area contributed by atoms with Crippen LogP contribution in [0.2, 0.25) is 0 Å². The van der Waals surface area contributed by atoms with E-state index in [1.807, 2.05) is 37.3 Å². The van der Waals surface area contributed by atoms with Crippen LogP contribution in [-0.2, 0) is 4.74 Å². The molecule has 150 valence electrons. The van der Waals surface area contributed by atoms with Crippen LogP contribution < -0.4 is 10.6 Å². The van der Waals surface area contributed by atoms with Crippen LogP contribution in [0.1, 0.15) is 70.8 Å². The molecule has 1 saturated carbocycles. The van der Waals surface area contributed by atoms with E-state index in [1.165, 1.54) is 0 Å². The quantitative estimate of drug-likeness (QED) is 0.799. The molecule has 1 fully saturated rings. The largest absolute Gasteiger partial charge is 0.454 e. The molecule has 3 rings (SSSR count). The third kappa shape index (κ3) is 4.44. The van der Waals surface area contributed by atoms with Gasteiger partial charge in [0.25, 0.3) is 11.8 Å². The smallest absolute Gasteiger partial charge is 0.286 e. The molecule has 28 heavy (non-hydrogen) atoms. The molecule has 0 bridgehead atoms. The number of rotatable bonds is 6. The molecule has 2 aromatic rings. The van der Waals surface area contributed by atoms with Crippen LogP contribution in [0.4, 0.5) is 0 Å². The molecule has 1 aromatic heterocycles. The minimum atomic E-state index is -0.346. The molecule has 6 nitrogen and oxygen atoms in total. The number of nitrogens with one attached hydrogen (secondary N) is 2. The minimum absolute atomic E-state index is 0.108. The molecule has 1 aliphatic rings. The first kappa shape index (κ1) is 20.1. The number of hydrogen-bond donors (Lipinski definition) is 2. The highest BCUT2D eigenvalue weighted by molar-refractivity contribution is 5.99. The summed E-state index contributed by atoms with van der Waals surface area (Å²) >= 11 is 0. The maximum atomic E-state index is 13.0. The number of carbonyl (C=O) groups excluding carboxylic acids is 2. The van der Waals surface area contributed by atoms with Gasteiger partial charge >= 0.3 is 0 Å². The van der Waals surface area contributed by atoms with E-state index >= 15 is 0 Å². The first-order valence-corrected chi connectivity index (χ1v) is 9.77. The summed E-state index contributed by atoms with van der Waals surface area (Å²) in [5.41, 5.74) is 1.44. The Morgan fingerprint density at radius 1 is 1.11 bits per heavy atom. The fourth-order valence-electron chi connectivity index (χ4n) is 3.74. The normalized spacial score (nSPS) is 20.4. The maximum absolute atomic E-state index is 13.0. The van der Waals surface area contributed by atoms with E-state index in [0.717, 1.165) is 31.2 Å². The van der Waals surface area contributed by atoms with Gasteiger partial charge in [-0.2, -0.15) is 0 Å². The van der Waals surface area contributed by atoms with Gasteiger partial charge in [-0.05, 0) is 31.2 Å². The predicted molar refractivity (Wildman–Crippen MR) is 107 cm³/mol. The molecule has 1 atom stereocenters. The van der Waals surface area contributed by atoms with Crippen LogP contribution in [0.5, 0.6) is 0 Å². The Balaban J connectivity index is 1.83. The van der Waals surface area contributed by atoms with Gasteiger partial charge < -0.3 is 19.8 Å². The zero-order chi connectivity index (χ0) is 20.1. The summed E-state index contributed by atoms with van der Waals surface area (Å²) in [6.07, 6.45) is 3.91. The van der Waals surface area contributed by atoms with Crippen LogP contribution in [-0.4, -0.2) is 38.1 Å². The van der Waals surface area contributed by atoms with Crippen molar-refractivity contribution in [2.75, 3.05) is 14.2 Å². The molecule has 2 amide bonds. The van der Waals surface area contributed by atoms with E-state index in [4.69, 9.17) is 9.15 Å². The second-order valence-corrected chi connectivity index (χ2v) is 7.28. The second-order valence-electron chi connectivity index (χ2n) is 7.28. The molecule has 0 saturated heterocycles. The Bertz CT molecular complexity index is 807. The lowest BCUT2D eigenvalue weighted by molar-refractivity contribution is 0.0599.